The Hall–Kier alpha value is -4.07. The van der Waals surface area contributed by atoms with Crippen molar-refractivity contribution in [1.82, 2.24) is 19.9 Å². The Morgan fingerprint density at radius 3 is 1.07 bits per heavy atom. The number of hydrogen-bond acceptors (Lipinski definition) is 12. The van der Waals surface area contributed by atoms with Crippen molar-refractivity contribution in [3.8, 4) is 0 Å². The van der Waals surface area contributed by atoms with Crippen LogP contribution in [0.3, 0.4) is 0 Å². The zero-order valence-corrected chi connectivity index (χ0v) is 15.1. The van der Waals surface area contributed by atoms with Gasteiger partial charge in [-0.05, 0) is 0 Å². The van der Waals surface area contributed by atoms with E-state index in [1.54, 1.807) is 0 Å². The van der Waals surface area contributed by atoms with E-state index in [9.17, 15) is 9.59 Å². The Balaban J connectivity index is -0.0000000912. The van der Waals surface area contributed by atoms with Crippen LogP contribution in [0.25, 0.3) is 0 Å². The Bertz CT molecular complexity index is 639. The van der Waals surface area contributed by atoms with Gasteiger partial charge in [0.1, 0.15) is 11.4 Å². The molecule has 1 radical (unpaired) electrons. The number of nitrogens with two attached hydrogens (primary N) is 2. The van der Waals surface area contributed by atoms with Gasteiger partial charge in [-0.3, -0.25) is 19.6 Å². The van der Waals surface area contributed by atoms with Crippen LogP contribution in [0.4, 0.5) is 0 Å². The summed E-state index contributed by atoms with van der Waals surface area (Å²) in [5.74, 6) is -1.11. The summed E-state index contributed by atoms with van der Waals surface area (Å²) in [4.78, 5) is 51.7. The largest absolute Gasteiger partial charge is 2.00 e. The summed E-state index contributed by atoms with van der Waals surface area (Å²) in [7, 11) is 0. The number of carbonyl (C=O) groups excluding carboxylic acids is 2. The molecule has 0 atom stereocenters. The molecule has 29 heavy (non-hydrogen) atoms. The molecule has 18 nitrogen and oxygen atoms in total. The zero-order valence-electron chi connectivity index (χ0n) is 14.1. The van der Waals surface area contributed by atoms with Crippen molar-refractivity contribution < 1.29 is 47.5 Å². The minimum atomic E-state index is -1.75. The van der Waals surface area contributed by atoms with Gasteiger partial charge >= 0.3 is 16.8 Å². The number of carbonyl (C=O) groups is 2. The zero-order chi connectivity index (χ0) is 20.5. The van der Waals surface area contributed by atoms with Crippen LogP contribution in [0.1, 0.15) is 21.0 Å². The summed E-state index contributed by atoms with van der Waals surface area (Å²) in [6.45, 7) is 0. The molecule has 2 amide bonds. The molecule has 163 valence electrons. The van der Waals surface area contributed by atoms with Gasteiger partial charge in [-0.1, -0.05) is 0 Å². The normalized spacial score (nSPS) is 7.17. The molecule has 0 aliphatic rings. The van der Waals surface area contributed by atoms with Crippen LogP contribution in [0.15, 0.2) is 37.2 Å². The smallest absolute Gasteiger partial charge is 0.457 e. The van der Waals surface area contributed by atoms with Crippen molar-refractivity contribution in [3.63, 3.8) is 0 Å². The molecule has 0 spiro atoms. The molecule has 0 aliphatic carbocycles. The van der Waals surface area contributed by atoms with E-state index in [0.717, 1.165) is 0 Å². The molecule has 0 saturated carbocycles. The molecule has 2 rings (SSSR count). The van der Waals surface area contributed by atoms with Crippen LogP contribution in [0, 0.1) is 30.6 Å². The molecule has 0 aromatic carbocycles. The molecule has 2 aromatic heterocycles. The molecule has 10 N–H and O–H groups in total. The minimum absolute atomic E-state index is 0. The topological polar surface area (TPSA) is 336 Å². The Morgan fingerprint density at radius 1 is 0.724 bits per heavy atom. The number of aromatic nitrogens is 4. The maximum Gasteiger partial charge on any atom is 2.00 e. The molecule has 2 heterocycles. The van der Waals surface area contributed by atoms with Crippen LogP contribution in [-0.2, 0) is 27.7 Å². The fourth-order valence-electron chi connectivity index (χ4n) is 0.853. The van der Waals surface area contributed by atoms with E-state index in [-0.39, 0.29) is 39.1 Å². The third kappa shape index (κ3) is 29.0. The second kappa shape index (κ2) is 22.0. The van der Waals surface area contributed by atoms with Gasteiger partial charge in [0.05, 0.1) is 22.6 Å². The van der Waals surface area contributed by atoms with Crippen LogP contribution in [0.2, 0.25) is 0 Å². The first-order valence-electron chi connectivity index (χ1n) is 5.82. The van der Waals surface area contributed by atoms with Gasteiger partial charge in [-0.15, -0.1) is 0 Å². The number of primary amides is 2. The monoisotopic (exact) mass is 467 g/mol. The maximum atomic E-state index is 10.3. The predicted octanol–water partition coefficient (Wildman–Crippen LogP) is -3.17. The summed E-state index contributed by atoms with van der Waals surface area (Å²) in [5.41, 5.74) is 10.1. The first-order valence-corrected chi connectivity index (χ1v) is 5.82. The fourth-order valence-corrected chi connectivity index (χ4v) is 0.853. The maximum absolute atomic E-state index is 10.3. The second-order valence-electron chi connectivity index (χ2n) is 3.36. The number of amides is 2. The minimum Gasteiger partial charge on any atom is -0.457 e. The van der Waals surface area contributed by atoms with Crippen molar-refractivity contribution >= 4 is 11.8 Å². The van der Waals surface area contributed by atoms with Gasteiger partial charge in [0, 0.05) is 24.8 Å². The molecule has 0 aliphatic heterocycles. The average Bonchev–Trinajstić information content (AvgIpc) is 2.56. The fraction of sp³-hybridized carbons (Fsp3) is 0. The average molecular weight is 467 g/mol. The van der Waals surface area contributed by atoms with E-state index >= 15 is 0 Å². The Kier molecular flexibility index (Phi) is 27.2. The number of nitrogens with zero attached hydrogens (tertiary/aromatic N) is 6. The summed E-state index contributed by atoms with van der Waals surface area (Å²) >= 11 is 0. The van der Waals surface area contributed by atoms with Gasteiger partial charge in [0.15, 0.2) is 0 Å². The number of rotatable bonds is 2. The van der Waals surface area contributed by atoms with Gasteiger partial charge in [0.2, 0.25) is 0 Å². The summed E-state index contributed by atoms with van der Waals surface area (Å²) in [6, 6.07) is 0. The van der Waals surface area contributed by atoms with Crippen molar-refractivity contribution in [3.05, 3.63) is 79.2 Å². The summed E-state index contributed by atoms with van der Waals surface area (Å²) in [6.07, 6.45) is 8.43. The van der Waals surface area contributed by atoms with E-state index < -0.39 is 22.0 Å². The van der Waals surface area contributed by atoms with E-state index in [0.29, 0.717) is 0 Å². The molecule has 2 aromatic rings. The van der Waals surface area contributed by atoms with E-state index in [2.05, 4.69) is 19.9 Å². The first-order chi connectivity index (χ1) is 12.1. The number of hydrogen-bond donors (Lipinski definition) is 2. The molecule has 0 unspecified atom stereocenters. The summed E-state index contributed by atoms with van der Waals surface area (Å²) < 4.78 is 0. The van der Waals surface area contributed by atoms with Crippen molar-refractivity contribution in [2.75, 3.05) is 0 Å². The van der Waals surface area contributed by atoms with Gasteiger partial charge in [0.25, 0.3) is 11.8 Å². The van der Waals surface area contributed by atoms with Gasteiger partial charge in [-0.25, -0.2) is 9.97 Å². The van der Waals surface area contributed by atoms with Crippen molar-refractivity contribution in [2.45, 2.75) is 0 Å². The Morgan fingerprint density at radius 2 is 0.966 bits per heavy atom. The van der Waals surface area contributed by atoms with Crippen molar-refractivity contribution in [2.24, 2.45) is 11.5 Å². The third-order valence-electron chi connectivity index (χ3n) is 1.63. The predicted molar refractivity (Wildman–Crippen MR) is 91.6 cm³/mol. The van der Waals surface area contributed by atoms with Crippen LogP contribution in [0.5, 0.6) is 0 Å². The molecular weight excluding hydrogens is 451 g/mol. The SMILES string of the molecule is NC(=O)c1cnccn1.NC(=O)c1cnccn1.O=[N+]([O-])[O-].O=[N+]([O-])[O-].[Co+2].[OH3+].[OH3+]. The Labute approximate surface area is 170 Å². The van der Waals surface area contributed by atoms with E-state index in [1.807, 2.05) is 0 Å². The van der Waals surface area contributed by atoms with Crippen LogP contribution < -0.4 is 11.5 Å². The summed E-state index contributed by atoms with van der Waals surface area (Å²) in [5, 5.41) is 29.5. The van der Waals surface area contributed by atoms with Gasteiger partial charge < -0.3 is 53.1 Å². The molecular formula is C10H16CoN8O10+2. The van der Waals surface area contributed by atoms with Crippen molar-refractivity contribution in [1.29, 1.82) is 0 Å². The quantitative estimate of drug-likeness (QED) is 0.251. The van der Waals surface area contributed by atoms with E-state index in [1.165, 1.54) is 37.2 Å². The van der Waals surface area contributed by atoms with Gasteiger partial charge in [-0.2, -0.15) is 0 Å². The molecule has 19 heteroatoms. The van der Waals surface area contributed by atoms with Crippen LogP contribution >= 0.6 is 0 Å². The molecule has 0 fully saturated rings. The second-order valence-corrected chi connectivity index (χ2v) is 3.36. The van der Waals surface area contributed by atoms with E-state index in [4.69, 9.17) is 42.1 Å². The standard InChI is InChI=1S/2C5H5N3O.Co.2NO3.2H2O/c2*6-5(9)4-3-7-1-2-8-4;;2*2-1(3)4;;/h2*1-3H,(H2,6,9);;;;2*1H2/q;;+2;2*-1;;/p+2. The first kappa shape index (κ1) is 35.9. The van der Waals surface area contributed by atoms with Crippen LogP contribution in [-0.4, -0.2) is 41.9 Å². The molecule has 0 bridgehead atoms. The third-order valence-corrected chi connectivity index (χ3v) is 1.63. The molecule has 0 saturated heterocycles.